The molecule has 3 aromatic rings. The Morgan fingerprint density at radius 1 is 1.07 bits per heavy atom. The summed E-state index contributed by atoms with van der Waals surface area (Å²) in [4.78, 5) is 2.45. The molecule has 1 N–H and O–H groups in total. The summed E-state index contributed by atoms with van der Waals surface area (Å²) in [5.74, 6) is 0. The Morgan fingerprint density at radius 3 is 2.76 bits per heavy atom. The Hall–Kier alpha value is -2.27. The van der Waals surface area contributed by atoms with Gasteiger partial charge < -0.3 is 10.1 Å². The van der Waals surface area contributed by atoms with E-state index in [1.54, 1.807) is 0 Å². The smallest absolute Gasteiger partial charge is 0.115 e. The Bertz CT molecular complexity index is 940. The van der Waals surface area contributed by atoms with Crippen LogP contribution in [-0.4, -0.2) is 37.2 Å². The topological polar surface area (TPSA) is 24.5 Å². The minimum atomic E-state index is -0.412. The van der Waals surface area contributed by atoms with Crippen LogP contribution >= 0.6 is 0 Å². The van der Waals surface area contributed by atoms with E-state index in [0.29, 0.717) is 6.04 Å². The minimum absolute atomic E-state index is 0.250. The molecule has 4 rings (SSSR count). The van der Waals surface area contributed by atoms with Crippen LogP contribution in [0.15, 0.2) is 66.7 Å². The largest absolute Gasteiger partial charge is 0.378 e. The van der Waals surface area contributed by atoms with E-state index in [1.807, 2.05) is 18.2 Å². The van der Waals surface area contributed by atoms with Crippen molar-refractivity contribution in [2.75, 3.05) is 26.3 Å². The molecule has 1 unspecified atom stereocenters. The van der Waals surface area contributed by atoms with Crippen LogP contribution in [0.5, 0.6) is 0 Å². The first-order valence-corrected chi connectivity index (χ1v) is 10.4. The van der Waals surface area contributed by atoms with Gasteiger partial charge >= 0.3 is 0 Å². The molecule has 0 aliphatic carbocycles. The second-order valence-corrected chi connectivity index (χ2v) is 7.85. The zero-order valence-electron chi connectivity index (χ0n) is 17.0. The van der Waals surface area contributed by atoms with Gasteiger partial charge in [0.05, 0.1) is 13.2 Å². The molecular formula is C25H29FN2O. The van der Waals surface area contributed by atoms with Crippen molar-refractivity contribution in [2.45, 2.75) is 32.2 Å². The lowest BCUT2D eigenvalue weighted by molar-refractivity contribution is -0.0116. The molecule has 2 atom stereocenters. The summed E-state index contributed by atoms with van der Waals surface area (Å²) < 4.78 is 18.8. The maximum Gasteiger partial charge on any atom is 0.115 e. The molecule has 1 heterocycles. The maximum absolute atomic E-state index is 13.0. The van der Waals surface area contributed by atoms with Gasteiger partial charge in [0.2, 0.25) is 0 Å². The van der Waals surface area contributed by atoms with Gasteiger partial charge in [-0.15, -0.1) is 0 Å². The van der Waals surface area contributed by atoms with E-state index in [1.165, 1.54) is 16.3 Å². The standard InChI is InChI=1S/C25H29FN2O/c1-19(24-11-5-9-22-8-2-3-10-25(22)24)27-16-23-18-29-13-12-28(23)17-21-7-4-6-20(14-21)15-26/h2-11,14,19,23,27H,12-13,15-18H2,1H3/t19-,23?/m1/s1. The van der Waals surface area contributed by atoms with Crippen LogP contribution in [0.2, 0.25) is 0 Å². The van der Waals surface area contributed by atoms with Crippen molar-refractivity contribution in [2.24, 2.45) is 0 Å². The highest BCUT2D eigenvalue weighted by molar-refractivity contribution is 5.86. The number of hydrogen-bond donors (Lipinski definition) is 1. The number of nitrogens with zero attached hydrogens (tertiary/aromatic N) is 1. The number of benzene rings is 3. The SMILES string of the molecule is C[C@@H](NCC1COCCN1Cc1cccc(CF)c1)c1cccc2ccccc12. The third-order valence-corrected chi connectivity index (χ3v) is 5.83. The molecule has 4 heteroatoms. The van der Waals surface area contributed by atoms with Crippen molar-refractivity contribution in [3.63, 3.8) is 0 Å². The van der Waals surface area contributed by atoms with E-state index >= 15 is 0 Å². The zero-order valence-corrected chi connectivity index (χ0v) is 17.0. The van der Waals surface area contributed by atoms with Crippen molar-refractivity contribution >= 4 is 10.8 Å². The molecule has 0 amide bonds. The Balaban J connectivity index is 1.42. The molecule has 0 aromatic heterocycles. The van der Waals surface area contributed by atoms with Crippen molar-refractivity contribution in [3.8, 4) is 0 Å². The van der Waals surface area contributed by atoms with Gasteiger partial charge in [0, 0.05) is 31.7 Å². The number of rotatable bonds is 7. The van der Waals surface area contributed by atoms with Crippen molar-refractivity contribution in [1.29, 1.82) is 0 Å². The minimum Gasteiger partial charge on any atom is -0.378 e. The van der Waals surface area contributed by atoms with E-state index in [9.17, 15) is 4.39 Å². The lowest BCUT2D eigenvalue weighted by Gasteiger charge is -2.36. The number of alkyl halides is 1. The average Bonchev–Trinajstić information content (AvgIpc) is 2.78. The number of nitrogens with one attached hydrogen (secondary N) is 1. The first-order valence-electron chi connectivity index (χ1n) is 10.4. The molecular weight excluding hydrogens is 363 g/mol. The fraction of sp³-hybridized carbons (Fsp3) is 0.360. The fourth-order valence-electron chi connectivity index (χ4n) is 4.18. The van der Waals surface area contributed by atoms with Crippen LogP contribution in [-0.2, 0) is 18.0 Å². The van der Waals surface area contributed by atoms with Gasteiger partial charge in [-0.1, -0.05) is 66.7 Å². The van der Waals surface area contributed by atoms with E-state index in [0.717, 1.165) is 44.0 Å². The number of ether oxygens (including phenoxy) is 1. The molecule has 1 aliphatic rings. The van der Waals surface area contributed by atoms with Crippen molar-refractivity contribution < 1.29 is 9.13 Å². The first kappa shape index (κ1) is 20.0. The van der Waals surface area contributed by atoms with Crippen LogP contribution in [0.25, 0.3) is 10.8 Å². The second kappa shape index (κ2) is 9.49. The molecule has 3 nitrogen and oxygen atoms in total. The quantitative estimate of drug-likeness (QED) is 0.621. The summed E-state index contributed by atoms with van der Waals surface area (Å²) >= 11 is 0. The lowest BCUT2D eigenvalue weighted by atomic mass is 9.99. The third-order valence-electron chi connectivity index (χ3n) is 5.83. The first-order chi connectivity index (χ1) is 14.2. The van der Waals surface area contributed by atoms with Gasteiger partial charge in [-0.2, -0.15) is 0 Å². The van der Waals surface area contributed by atoms with Crippen molar-refractivity contribution in [1.82, 2.24) is 10.2 Å². The fourth-order valence-corrected chi connectivity index (χ4v) is 4.18. The predicted molar refractivity (Wildman–Crippen MR) is 117 cm³/mol. The summed E-state index contributed by atoms with van der Waals surface area (Å²) in [6.45, 7) is 5.86. The van der Waals surface area contributed by atoms with Gasteiger partial charge in [-0.05, 0) is 34.4 Å². The molecule has 1 fully saturated rings. The molecule has 0 radical (unpaired) electrons. The van der Waals surface area contributed by atoms with Gasteiger partial charge in [0.15, 0.2) is 0 Å². The average molecular weight is 393 g/mol. The van der Waals surface area contributed by atoms with Crippen LogP contribution in [0.4, 0.5) is 4.39 Å². The van der Waals surface area contributed by atoms with Gasteiger partial charge in [0.25, 0.3) is 0 Å². The molecule has 1 aliphatic heterocycles. The summed E-state index contributed by atoms with van der Waals surface area (Å²) in [5.41, 5.74) is 3.23. The van der Waals surface area contributed by atoms with Crippen LogP contribution in [0, 0.1) is 0 Å². The molecule has 0 spiro atoms. The summed E-state index contributed by atoms with van der Waals surface area (Å²) in [6, 6.07) is 23.4. The molecule has 152 valence electrons. The molecule has 3 aromatic carbocycles. The summed E-state index contributed by atoms with van der Waals surface area (Å²) in [7, 11) is 0. The molecule has 1 saturated heterocycles. The van der Waals surface area contributed by atoms with E-state index < -0.39 is 6.67 Å². The van der Waals surface area contributed by atoms with E-state index in [2.05, 4.69) is 65.7 Å². The van der Waals surface area contributed by atoms with Crippen LogP contribution in [0.1, 0.15) is 29.7 Å². The normalized spacial score (nSPS) is 18.8. The van der Waals surface area contributed by atoms with E-state index in [4.69, 9.17) is 4.74 Å². The van der Waals surface area contributed by atoms with Crippen LogP contribution in [0.3, 0.4) is 0 Å². The second-order valence-electron chi connectivity index (χ2n) is 7.85. The highest BCUT2D eigenvalue weighted by atomic mass is 19.1. The highest BCUT2D eigenvalue weighted by Gasteiger charge is 2.24. The summed E-state index contributed by atoms with van der Waals surface area (Å²) in [6.07, 6.45) is 0. The number of morpholine rings is 1. The van der Waals surface area contributed by atoms with Crippen molar-refractivity contribution in [3.05, 3.63) is 83.4 Å². The van der Waals surface area contributed by atoms with Gasteiger partial charge in [0.1, 0.15) is 6.67 Å². The number of fused-ring (bicyclic) bond motifs is 1. The Labute approximate surface area is 172 Å². The highest BCUT2D eigenvalue weighted by Crippen LogP contribution is 2.24. The predicted octanol–water partition coefficient (Wildman–Crippen LogP) is 4.86. The lowest BCUT2D eigenvalue weighted by Crippen LogP contribution is -2.50. The van der Waals surface area contributed by atoms with Gasteiger partial charge in [-0.3, -0.25) is 4.90 Å². The van der Waals surface area contributed by atoms with E-state index in [-0.39, 0.29) is 6.04 Å². The third kappa shape index (κ3) is 4.84. The monoisotopic (exact) mass is 392 g/mol. The Morgan fingerprint density at radius 2 is 1.86 bits per heavy atom. The number of hydrogen-bond acceptors (Lipinski definition) is 3. The summed E-state index contributed by atoms with van der Waals surface area (Å²) in [5, 5.41) is 6.29. The Kier molecular flexibility index (Phi) is 6.55. The zero-order chi connectivity index (χ0) is 20.1. The molecule has 0 bridgehead atoms. The number of halogens is 1. The molecule has 0 saturated carbocycles. The molecule has 29 heavy (non-hydrogen) atoms. The maximum atomic E-state index is 13.0. The van der Waals surface area contributed by atoms with Gasteiger partial charge in [-0.25, -0.2) is 4.39 Å². The van der Waals surface area contributed by atoms with Crippen LogP contribution < -0.4 is 5.32 Å².